The zero-order chi connectivity index (χ0) is 14.5. The lowest BCUT2D eigenvalue weighted by Gasteiger charge is -2.09. The first kappa shape index (κ1) is 14.0. The molecule has 2 rings (SSSR count). The molecule has 0 fully saturated rings. The van der Waals surface area contributed by atoms with Crippen LogP contribution in [0.1, 0.15) is 33.8 Å². The minimum Gasteiger partial charge on any atom is -0.294 e. The second-order valence-corrected chi connectivity index (χ2v) is 4.73. The molecule has 0 aliphatic rings. The summed E-state index contributed by atoms with van der Waals surface area (Å²) >= 11 is 0. The molecule has 0 amide bonds. The van der Waals surface area contributed by atoms with Crippen molar-refractivity contribution in [1.82, 2.24) is 0 Å². The van der Waals surface area contributed by atoms with Gasteiger partial charge in [0.1, 0.15) is 5.82 Å². The van der Waals surface area contributed by atoms with E-state index < -0.39 is 5.92 Å². The summed E-state index contributed by atoms with van der Waals surface area (Å²) in [6.45, 7) is 1.97. The molecule has 0 saturated heterocycles. The molecule has 0 aromatic heterocycles. The topological polar surface area (TPSA) is 40.9 Å². The van der Waals surface area contributed by atoms with Crippen LogP contribution in [0.2, 0.25) is 0 Å². The third kappa shape index (κ3) is 3.30. The number of hydrogen-bond donors (Lipinski definition) is 0. The highest BCUT2D eigenvalue weighted by molar-refractivity contribution is 5.96. The Labute approximate surface area is 117 Å². The van der Waals surface area contributed by atoms with Crippen molar-refractivity contribution in [2.45, 2.75) is 19.3 Å². The molecule has 0 radical (unpaired) electrons. The average Bonchev–Trinajstić information content (AvgIpc) is 2.46. The van der Waals surface area contributed by atoms with E-state index in [1.54, 1.807) is 0 Å². The molecule has 1 unspecified atom stereocenters. The summed E-state index contributed by atoms with van der Waals surface area (Å²) in [5, 5.41) is 9.23. The molecule has 3 heteroatoms. The van der Waals surface area contributed by atoms with Gasteiger partial charge in [-0.3, -0.25) is 4.79 Å². The molecule has 2 aromatic carbocycles. The van der Waals surface area contributed by atoms with Crippen molar-refractivity contribution >= 4 is 5.78 Å². The lowest BCUT2D eigenvalue weighted by atomic mass is 9.92. The molecule has 0 spiro atoms. The van der Waals surface area contributed by atoms with Gasteiger partial charge in [0.2, 0.25) is 0 Å². The van der Waals surface area contributed by atoms with E-state index in [2.05, 4.69) is 6.07 Å². The number of carbonyl (C=O) groups excluding carboxylic acids is 1. The number of nitriles is 1. The first-order valence-electron chi connectivity index (χ1n) is 6.35. The van der Waals surface area contributed by atoms with E-state index in [9.17, 15) is 14.4 Å². The van der Waals surface area contributed by atoms with Crippen LogP contribution in [0.15, 0.2) is 48.5 Å². The molecule has 100 valence electrons. The molecule has 2 nitrogen and oxygen atoms in total. The summed E-state index contributed by atoms with van der Waals surface area (Å²) in [4.78, 5) is 12.1. The molecule has 0 saturated carbocycles. The number of rotatable bonds is 4. The van der Waals surface area contributed by atoms with Gasteiger partial charge in [-0.05, 0) is 36.8 Å². The Bertz CT molecular complexity index is 638. The molecular formula is C17H14FNO. The normalized spacial score (nSPS) is 11.7. The first-order valence-corrected chi connectivity index (χ1v) is 6.35. The lowest BCUT2D eigenvalue weighted by molar-refractivity contribution is 0.0979. The average molecular weight is 267 g/mol. The molecular weight excluding hydrogens is 253 g/mol. The van der Waals surface area contributed by atoms with Crippen molar-refractivity contribution < 1.29 is 9.18 Å². The van der Waals surface area contributed by atoms with Crippen molar-refractivity contribution in [2.24, 2.45) is 0 Å². The summed E-state index contributed by atoms with van der Waals surface area (Å²) in [6.07, 6.45) is 0.102. The SMILES string of the molecule is Cc1ccc(C(C#N)CC(=O)c2ccc(F)cc2)cc1. The van der Waals surface area contributed by atoms with Crippen LogP contribution in [0.4, 0.5) is 4.39 Å². The Morgan fingerprint density at radius 2 is 1.75 bits per heavy atom. The predicted octanol–water partition coefficient (Wildman–Crippen LogP) is 4.01. The molecule has 0 heterocycles. The van der Waals surface area contributed by atoms with Crippen LogP contribution >= 0.6 is 0 Å². The maximum Gasteiger partial charge on any atom is 0.164 e. The fourth-order valence-electron chi connectivity index (χ4n) is 1.98. The Morgan fingerprint density at radius 1 is 1.15 bits per heavy atom. The van der Waals surface area contributed by atoms with Crippen LogP contribution in [0.3, 0.4) is 0 Å². The summed E-state index contributed by atoms with van der Waals surface area (Å²) in [5.41, 5.74) is 2.36. The lowest BCUT2D eigenvalue weighted by Crippen LogP contribution is -2.06. The van der Waals surface area contributed by atoms with Gasteiger partial charge in [-0.15, -0.1) is 0 Å². The van der Waals surface area contributed by atoms with Gasteiger partial charge < -0.3 is 0 Å². The number of benzene rings is 2. The van der Waals surface area contributed by atoms with E-state index in [0.717, 1.165) is 11.1 Å². The molecule has 0 aliphatic heterocycles. The number of ketones is 1. The Hall–Kier alpha value is -2.47. The van der Waals surface area contributed by atoms with Gasteiger partial charge in [0, 0.05) is 12.0 Å². The molecule has 0 N–H and O–H groups in total. The zero-order valence-electron chi connectivity index (χ0n) is 11.1. The Morgan fingerprint density at radius 3 is 2.30 bits per heavy atom. The van der Waals surface area contributed by atoms with Crippen LogP contribution in [0.5, 0.6) is 0 Å². The molecule has 2 aromatic rings. The molecule has 0 bridgehead atoms. The van der Waals surface area contributed by atoms with Gasteiger partial charge in [0.25, 0.3) is 0 Å². The maximum atomic E-state index is 12.8. The maximum absolute atomic E-state index is 12.8. The summed E-state index contributed by atoms with van der Waals surface area (Å²) in [5.74, 6) is -1.01. The number of carbonyl (C=O) groups is 1. The number of halogens is 1. The van der Waals surface area contributed by atoms with Crippen molar-refractivity contribution in [3.8, 4) is 6.07 Å². The third-order valence-electron chi connectivity index (χ3n) is 3.19. The number of nitrogens with zero attached hydrogens (tertiary/aromatic N) is 1. The summed E-state index contributed by atoms with van der Waals surface area (Å²) in [6, 6.07) is 15.1. The van der Waals surface area contributed by atoms with Crippen molar-refractivity contribution in [3.05, 3.63) is 71.0 Å². The van der Waals surface area contributed by atoms with Crippen LogP contribution in [0.25, 0.3) is 0 Å². The van der Waals surface area contributed by atoms with Gasteiger partial charge in [-0.25, -0.2) is 4.39 Å². The van der Waals surface area contributed by atoms with Crippen molar-refractivity contribution in [3.63, 3.8) is 0 Å². The molecule has 0 aliphatic carbocycles. The van der Waals surface area contributed by atoms with Crippen molar-refractivity contribution in [1.29, 1.82) is 5.26 Å². The van der Waals surface area contributed by atoms with Crippen LogP contribution in [0, 0.1) is 24.1 Å². The second-order valence-electron chi connectivity index (χ2n) is 4.73. The minimum absolute atomic E-state index is 0.102. The van der Waals surface area contributed by atoms with Crippen LogP contribution in [-0.2, 0) is 0 Å². The standard InChI is InChI=1S/C17H14FNO/c1-12-2-4-13(5-3-12)15(11-19)10-17(20)14-6-8-16(18)9-7-14/h2-9,15H,10H2,1H3. The van der Waals surface area contributed by atoms with Gasteiger partial charge in [-0.2, -0.15) is 5.26 Å². The van der Waals surface area contributed by atoms with E-state index >= 15 is 0 Å². The van der Waals surface area contributed by atoms with E-state index in [1.165, 1.54) is 24.3 Å². The van der Waals surface area contributed by atoms with Crippen molar-refractivity contribution in [2.75, 3.05) is 0 Å². The van der Waals surface area contributed by atoms with E-state index in [0.29, 0.717) is 5.56 Å². The monoisotopic (exact) mass is 267 g/mol. The Balaban J connectivity index is 2.14. The van der Waals surface area contributed by atoms with Gasteiger partial charge >= 0.3 is 0 Å². The Kier molecular flexibility index (Phi) is 4.27. The highest BCUT2D eigenvalue weighted by Crippen LogP contribution is 2.21. The third-order valence-corrected chi connectivity index (χ3v) is 3.19. The number of hydrogen-bond acceptors (Lipinski definition) is 2. The summed E-state index contributed by atoms with van der Waals surface area (Å²) < 4.78 is 12.8. The second kappa shape index (κ2) is 6.12. The quantitative estimate of drug-likeness (QED) is 0.785. The zero-order valence-corrected chi connectivity index (χ0v) is 11.1. The van der Waals surface area contributed by atoms with Gasteiger partial charge in [-0.1, -0.05) is 29.8 Å². The minimum atomic E-state index is -0.479. The number of aryl methyl sites for hydroxylation is 1. The fraction of sp³-hybridized carbons (Fsp3) is 0.176. The smallest absolute Gasteiger partial charge is 0.164 e. The fourth-order valence-corrected chi connectivity index (χ4v) is 1.98. The summed E-state index contributed by atoms with van der Waals surface area (Å²) in [7, 11) is 0. The van der Waals surface area contributed by atoms with Crippen LogP contribution < -0.4 is 0 Å². The first-order chi connectivity index (χ1) is 9.60. The highest BCUT2D eigenvalue weighted by atomic mass is 19.1. The molecule has 20 heavy (non-hydrogen) atoms. The molecule has 1 atom stereocenters. The van der Waals surface area contributed by atoms with Gasteiger partial charge in [0.05, 0.1) is 12.0 Å². The predicted molar refractivity (Wildman–Crippen MR) is 74.9 cm³/mol. The van der Waals surface area contributed by atoms with Gasteiger partial charge in [0.15, 0.2) is 5.78 Å². The van der Waals surface area contributed by atoms with E-state index in [-0.39, 0.29) is 18.0 Å². The largest absolute Gasteiger partial charge is 0.294 e. The van der Waals surface area contributed by atoms with E-state index in [4.69, 9.17) is 0 Å². The highest BCUT2D eigenvalue weighted by Gasteiger charge is 2.16. The van der Waals surface area contributed by atoms with E-state index in [1.807, 2.05) is 31.2 Å². The van der Waals surface area contributed by atoms with Crippen LogP contribution in [-0.4, -0.2) is 5.78 Å². The number of Topliss-reactive ketones (excluding diaryl/α,β-unsaturated/α-hetero) is 1.